The highest BCUT2D eigenvalue weighted by Crippen LogP contribution is 2.29. The molecule has 0 saturated carbocycles. The maximum atomic E-state index is 13.8. The minimum absolute atomic E-state index is 0.00181. The Labute approximate surface area is 221 Å². The quantitative estimate of drug-likeness (QED) is 0.384. The Morgan fingerprint density at radius 3 is 2.39 bits per heavy atom. The number of unbranched alkanes of at least 4 members (excludes halogenated alkanes) is 1. The normalized spacial score (nSPS) is 16.7. The van der Waals surface area contributed by atoms with Crippen LogP contribution in [0.3, 0.4) is 0 Å². The lowest BCUT2D eigenvalue weighted by atomic mass is 10.1. The second kappa shape index (κ2) is 12.9. The topological polar surface area (TPSA) is 147 Å². The lowest BCUT2D eigenvalue weighted by Gasteiger charge is -2.32. The fourth-order valence-corrected chi connectivity index (χ4v) is 5.97. The fourth-order valence-electron chi connectivity index (χ4n) is 4.32. The minimum atomic E-state index is -4.09. The molecule has 1 aliphatic rings. The number of carbonyl (C=O) groups excluding carboxylic acids is 2. The van der Waals surface area contributed by atoms with Gasteiger partial charge < -0.3 is 15.6 Å². The van der Waals surface area contributed by atoms with E-state index in [1.807, 2.05) is 6.92 Å². The van der Waals surface area contributed by atoms with Gasteiger partial charge in [0.2, 0.25) is 15.9 Å². The molecule has 0 spiro atoms. The minimum Gasteiger partial charge on any atom is -0.484 e. The summed E-state index contributed by atoms with van der Waals surface area (Å²) in [6.45, 7) is 1.46. The number of nitrogens with two attached hydrogens (primary N) is 1. The molecule has 38 heavy (non-hydrogen) atoms. The number of carboxylic acids is 1. The van der Waals surface area contributed by atoms with Gasteiger partial charge in [0.05, 0.1) is 4.90 Å². The molecule has 2 aromatic carbocycles. The van der Waals surface area contributed by atoms with Crippen molar-refractivity contribution in [3.63, 3.8) is 0 Å². The van der Waals surface area contributed by atoms with Crippen LogP contribution >= 0.6 is 0 Å². The SMILES string of the molecule is Cc1ccc(S(=O)(=O)N2CCC[C@H]2C(=O)N(C(=O)COc2ccc(F)cc2)[C@@H](CCCCN)C(=O)O)cc1. The maximum absolute atomic E-state index is 13.8. The van der Waals surface area contributed by atoms with E-state index in [1.165, 1.54) is 24.3 Å². The number of carboxylic acid groups (broad SMARTS) is 1. The van der Waals surface area contributed by atoms with Crippen molar-refractivity contribution in [2.75, 3.05) is 19.7 Å². The molecule has 1 fully saturated rings. The van der Waals surface area contributed by atoms with Gasteiger partial charge in [-0.05, 0) is 82.0 Å². The number of hydrogen-bond donors (Lipinski definition) is 2. The zero-order valence-corrected chi connectivity index (χ0v) is 21.9. The van der Waals surface area contributed by atoms with Gasteiger partial charge in [0.15, 0.2) is 6.61 Å². The van der Waals surface area contributed by atoms with Gasteiger partial charge in [0.1, 0.15) is 23.7 Å². The Kier molecular flexibility index (Phi) is 9.95. The van der Waals surface area contributed by atoms with Crippen LogP contribution in [0.15, 0.2) is 53.4 Å². The van der Waals surface area contributed by atoms with Crippen LogP contribution in [-0.2, 0) is 24.4 Å². The molecule has 0 aromatic heterocycles. The van der Waals surface area contributed by atoms with E-state index in [9.17, 15) is 32.3 Å². The Morgan fingerprint density at radius 1 is 1.13 bits per heavy atom. The summed E-state index contributed by atoms with van der Waals surface area (Å²) in [7, 11) is -4.09. The van der Waals surface area contributed by atoms with Crippen molar-refractivity contribution in [3.05, 3.63) is 59.9 Å². The number of benzene rings is 2. The van der Waals surface area contributed by atoms with Gasteiger partial charge in [0.25, 0.3) is 5.91 Å². The highest BCUT2D eigenvalue weighted by atomic mass is 32.2. The summed E-state index contributed by atoms with van der Waals surface area (Å²) in [5.41, 5.74) is 6.38. The zero-order valence-electron chi connectivity index (χ0n) is 21.1. The number of amides is 2. The lowest BCUT2D eigenvalue weighted by Crippen LogP contribution is -2.56. The fraction of sp³-hybridized carbons (Fsp3) is 0.423. The van der Waals surface area contributed by atoms with Crippen LogP contribution in [0.5, 0.6) is 5.75 Å². The van der Waals surface area contributed by atoms with E-state index in [-0.39, 0.29) is 30.0 Å². The van der Waals surface area contributed by atoms with Crippen molar-refractivity contribution in [3.8, 4) is 5.75 Å². The van der Waals surface area contributed by atoms with Crippen molar-refractivity contribution in [1.82, 2.24) is 9.21 Å². The molecule has 1 aliphatic heterocycles. The number of sulfonamides is 1. The number of rotatable bonds is 12. The van der Waals surface area contributed by atoms with E-state index in [0.717, 1.165) is 22.0 Å². The first-order valence-electron chi connectivity index (χ1n) is 12.3. The third kappa shape index (κ3) is 6.94. The Hall–Kier alpha value is -3.35. The van der Waals surface area contributed by atoms with E-state index < -0.39 is 52.3 Å². The summed E-state index contributed by atoms with van der Waals surface area (Å²) in [5.74, 6) is -3.64. The standard InChI is InChI=1S/C26H32FN3O7S/c1-18-7-13-21(14-8-18)38(35,36)29-16-4-6-22(29)25(32)30(23(26(33)34)5-2-3-15-28)24(31)17-37-20-11-9-19(27)10-12-20/h7-14,22-23H,2-6,15-17,28H2,1H3,(H,33,34)/t22-,23-/m0/s1. The zero-order chi connectivity index (χ0) is 27.9. The van der Waals surface area contributed by atoms with Gasteiger partial charge in [-0.3, -0.25) is 14.5 Å². The first kappa shape index (κ1) is 29.2. The predicted molar refractivity (Wildman–Crippen MR) is 136 cm³/mol. The third-order valence-electron chi connectivity index (χ3n) is 6.33. The van der Waals surface area contributed by atoms with E-state index in [0.29, 0.717) is 30.7 Å². The highest BCUT2D eigenvalue weighted by molar-refractivity contribution is 7.89. The van der Waals surface area contributed by atoms with Crippen molar-refractivity contribution < 1.29 is 37.0 Å². The first-order valence-corrected chi connectivity index (χ1v) is 13.8. The summed E-state index contributed by atoms with van der Waals surface area (Å²) in [5, 5.41) is 9.94. The molecule has 1 saturated heterocycles. The van der Waals surface area contributed by atoms with Crippen LogP contribution in [0.25, 0.3) is 0 Å². The number of aryl methyl sites for hydroxylation is 1. The predicted octanol–water partition coefficient (Wildman–Crippen LogP) is 2.30. The van der Waals surface area contributed by atoms with Crippen molar-refractivity contribution >= 4 is 27.8 Å². The summed E-state index contributed by atoms with van der Waals surface area (Å²) in [4.78, 5) is 39.9. The van der Waals surface area contributed by atoms with Gasteiger partial charge >= 0.3 is 5.97 Å². The average Bonchev–Trinajstić information content (AvgIpc) is 3.39. The maximum Gasteiger partial charge on any atom is 0.326 e. The monoisotopic (exact) mass is 549 g/mol. The molecular weight excluding hydrogens is 517 g/mol. The number of nitrogens with zero attached hydrogens (tertiary/aromatic N) is 2. The molecule has 3 rings (SSSR count). The number of aliphatic carboxylic acids is 1. The largest absolute Gasteiger partial charge is 0.484 e. The number of imide groups is 1. The third-order valence-corrected chi connectivity index (χ3v) is 8.25. The molecule has 2 atom stereocenters. The van der Waals surface area contributed by atoms with E-state index >= 15 is 0 Å². The van der Waals surface area contributed by atoms with Crippen LogP contribution in [0.1, 0.15) is 37.7 Å². The molecule has 3 N–H and O–H groups in total. The number of ether oxygens (including phenoxy) is 1. The Balaban J connectivity index is 1.91. The van der Waals surface area contributed by atoms with Crippen molar-refractivity contribution in [2.24, 2.45) is 5.73 Å². The Bertz CT molecular complexity index is 1240. The molecule has 1 heterocycles. The Morgan fingerprint density at radius 2 is 1.79 bits per heavy atom. The molecule has 0 unspecified atom stereocenters. The second-order valence-corrected chi connectivity index (χ2v) is 11.0. The summed E-state index contributed by atoms with van der Waals surface area (Å²) >= 11 is 0. The summed E-state index contributed by atoms with van der Waals surface area (Å²) < 4.78 is 46.4. The van der Waals surface area contributed by atoms with Crippen LogP contribution < -0.4 is 10.5 Å². The summed E-state index contributed by atoms with van der Waals surface area (Å²) in [6.07, 6.45) is 1.24. The lowest BCUT2D eigenvalue weighted by molar-refractivity contribution is -0.160. The number of halogens is 1. The van der Waals surface area contributed by atoms with E-state index in [2.05, 4.69) is 0 Å². The van der Waals surface area contributed by atoms with Gasteiger partial charge in [-0.1, -0.05) is 17.7 Å². The number of hydrogen-bond acceptors (Lipinski definition) is 7. The van der Waals surface area contributed by atoms with Crippen LogP contribution in [0.4, 0.5) is 4.39 Å². The number of carbonyl (C=O) groups is 3. The molecule has 10 nitrogen and oxygen atoms in total. The van der Waals surface area contributed by atoms with Gasteiger partial charge in [-0.15, -0.1) is 0 Å². The molecular formula is C26H32FN3O7S. The van der Waals surface area contributed by atoms with Gasteiger partial charge in [0, 0.05) is 6.54 Å². The summed E-state index contributed by atoms with van der Waals surface area (Å²) in [6, 6.07) is 8.20. The van der Waals surface area contributed by atoms with Crippen molar-refractivity contribution in [1.29, 1.82) is 0 Å². The highest BCUT2D eigenvalue weighted by Gasteiger charge is 2.45. The molecule has 12 heteroatoms. The smallest absolute Gasteiger partial charge is 0.326 e. The molecule has 2 aromatic rings. The van der Waals surface area contributed by atoms with Crippen LogP contribution in [0.2, 0.25) is 0 Å². The molecule has 0 bridgehead atoms. The molecule has 0 radical (unpaired) electrons. The van der Waals surface area contributed by atoms with Gasteiger partial charge in [-0.25, -0.2) is 17.6 Å². The molecule has 0 aliphatic carbocycles. The van der Waals surface area contributed by atoms with Gasteiger partial charge in [-0.2, -0.15) is 4.31 Å². The molecule has 206 valence electrons. The van der Waals surface area contributed by atoms with E-state index in [4.69, 9.17) is 10.5 Å². The average molecular weight is 550 g/mol. The first-order chi connectivity index (χ1) is 18.1. The molecule has 2 amide bonds. The van der Waals surface area contributed by atoms with E-state index in [1.54, 1.807) is 12.1 Å². The van der Waals surface area contributed by atoms with Crippen molar-refractivity contribution in [2.45, 2.75) is 56.0 Å². The second-order valence-electron chi connectivity index (χ2n) is 9.07. The van der Waals surface area contributed by atoms with Crippen LogP contribution in [-0.4, -0.2) is 72.3 Å². The van der Waals surface area contributed by atoms with Crippen LogP contribution in [0, 0.1) is 12.7 Å².